The Hall–Kier alpha value is -3.72. The zero-order chi connectivity index (χ0) is 21.1. The Bertz CT molecular complexity index is 1140. The van der Waals surface area contributed by atoms with Crippen molar-refractivity contribution in [1.82, 2.24) is 4.57 Å². The molecule has 0 radical (unpaired) electrons. The van der Waals surface area contributed by atoms with Crippen LogP contribution < -0.4 is 10.1 Å². The van der Waals surface area contributed by atoms with Crippen LogP contribution in [0, 0.1) is 11.3 Å². The molecule has 2 aromatic carbocycles. The van der Waals surface area contributed by atoms with E-state index in [1.165, 1.54) is 6.42 Å². The van der Waals surface area contributed by atoms with Crippen LogP contribution in [0.3, 0.4) is 0 Å². The summed E-state index contributed by atoms with van der Waals surface area (Å²) in [7, 11) is 0. The first kappa shape index (κ1) is 19.6. The molecular weight excluding hydrogens is 378 g/mol. The number of benzene rings is 2. The molecule has 4 rings (SSSR count). The van der Waals surface area contributed by atoms with Crippen LogP contribution in [0.4, 0.5) is 10.5 Å². The fourth-order valence-electron chi connectivity index (χ4n) is 3.90. The number of ether oxygens (including phenoxy) is 2. The fourth-order valence-corrected chi connectivity index (χ4v) is 3.90. The third kappa shape index (κ3) is 3.50. The van der Waals surface area contributed by atoms with Gasteiger partial charge in [-0.2, -0.15) is 5.26 Å². The van der Waals surface area contributed by atoms with Gasteiger partial charge >= 0.3 is 6.09 Å². The van der Waals surface area contributed by atoms with E-state index in [9.17, 15) is 10.1 Å². The summed E-state index contributed by atoms with van der Waals surface area (Å²) in [5.41, 5.74) is 4.12. The molecule has 152 valence electrons. The quantitative estimate of drug-likeness (QED) is 0.514. The molecule has 1 aromatic heterocycles. The molecule has 3 aromatic rings. The van der Waals surface area contributed by atoms with Gasteiger partial charge in [-0.1, -0.05) is 18.7 Å². The third-order valence-corrected chi connectivity index (χ3v) is 5.43. The number of fused-ring (bicyclic) bond motifs is 1. The molecule has 0 spiro atoms. The molecular formula is C24H23N3O3. The van der Waals surface area contributed by atoms with Crippen molar-refractivity contribution < 1.29 is 14.3 Å². The van der Waals surface area contributed by atoms with E-state index in [-0.39, 0.29) is 0 Å². The Morgan fingerprint density at radius 3 is 2.67 bits per heavy atom. The lowest BCUT2D eigenvalue weighted by atomic mass is 9.92. The average molecular weight is 401 g/mol. The second-order valence-corrected chi connectivity index (χ2v) is 7.18. The van der Waals surface area contributed by atoms with E-state index in [4.69, 9.17) is 9.47 Å². The molecule has 1 saturated carbocycles. The molecule has 6 heteroatoms. The zero-order valence-corrected chi connectivity index (χ0v) is 16.9. The van der Waals surface area contributed by atoms with Gasteiger partial charge in [0.1, 0.15) is 11.8 Å². The molecule has 0 atom stereocenters. The van der Waals surface area contributed by atoms with Crippen LogP contribution in [0.1, 0.15) is 37.8 Å². The number of nitrogens with zero attached hydrogens (tertiary/aromatic N) is 2. The highest BCUT2D eigenvalue weighted by Crippen LogP contribution is 2.43. The van der Waals surface area contributed by atoms with Crippen molar-refractivity contribution in [1.29, 1.82) is 5.26 Å². The maximum Gasteiger partial charge on any atom is 0.416 e. The lowest BCUT2D eigenvalue weighted by Gasteiger charge is -2.30. The molecule has 30 heavy (non-hydrogen) atoms. The second-order valence-electron chi connectivity index (χ2n) is 7.18. The van der Waals surface area contributed by atoms with Crippen molar-refractivity contribution in [3.05, 3.63) is 60.9 Å². The van der Waals surface area contributed by atoms with Gasteiger partial charge in [0.2, 0.25) is 0 Å². The summed E-state index contributed by atoms with van der Waals surface area (Å²) in [5.74, 6) is 0.805. The molecule has 1 aliphatic carbocycles. The smallest absolute Gasteiger partial charge is 0.416 e. The molecule has 1 fully saturated rings. The number of nitrogens with one attached hydrogen (secondary N) is 1. The summed E-state index contributed by atoms with van der Waals surface area (Å²) in [5, 5.41) is 13.6. The number of hydrogen-bond donors (Lipinski definition) is 1. The van der Waals surface area contributed by atoms with Crippen LogP contribution in [-0.2, 0) is 4.74 Å². The summed E-state index contributed by atoms with van der Waals surface area (Å²) < 4.78 is 12.7. The Morgan fingerprint density at radius 1 is 1.30 bits per heavy atom. The van der Waals surface area contributed by atoms with E-state index in [2.05, 4.69) is 22.5 Å². The number of aromatic nitrogens is 1. The Balaban J connectivity index is 1.82. The van der Waals surface area contributed by atoms with Crippen LogP contribution in [0.5, 0.6) is 5.75 Å². The van der Waals surface area contributed by atoms with Crippen LogP contribution in [0.25, 0.3) is 22.2 Å². The number of anilines is 1. The topological polar surface area (TPSA) is 76.3 Å². The zero-order valence-electron chi connectivity index (χ0n) is 16.9. The monoisotopic (exact) mass is 401 g/mol. The molecule has 1 aliphatic rings. The molecule has 1 amide bonds. The minimum atomic E-state index is -0.595. The number of rotatable bonds is 6. The maximum atomic E-state index is 11.6. The number of carbonyl (C=O) groups excluding carboxylic acids is 1. The van der Waals surface area contributed by atoms with E-state index in [0.29, 0.717) is 23.9 Å². The SMILES string of the molecule is C=COC(=O)Nc1ccc(-c2c(C#N)c3ccc(OCC)cc3n2C2CCC2)cc1. The lowest BCUT2D eigenvalue weighted by molar-refractivity contribution is 0.201. The summed E-state index contributed by atoms with van der Waals surface area (Å²) in [6, 6.07) is 16.1. The number of amides is 1. The van der Waals surface area contributed by atoms with Gasteiger partial charge in [0.15, 0.2) is 0 Å². The first-order valence-corrected chi connectivity index (χ1v) is 10.1. The van der Waals surface area contributed by atoms with Crippen molar-refractivity contribution >= 4 is 22.7 Å². The third-order valence-electron chi connectivity index (χ3n) is 5.43. The van der Waals surface area contributed by atoms with E-state index in [1.54, 1.807) is 12.1 Å². The summed E-state index contributed by atoms with van der Waals surface area (Å²) >= 11 is 0. The number of carbonyl (C=O) groups is 1. The molecule has 0 saturated heterocycles. The van der Waals surface area contributed by atoms with Gasteiger partial charge in [-0.25, -0.2) is 4.79 Å². The standard InChI is InChI=1S/C24H23N3O3/c1-3-29-19-12-13-20-21(15-25)23(27(22(20)14-19)18-6-5-7-18)16-8-10-17(11-9-16)26-24(28)30-4-2/h4,8-14,18H,2-3,5-7H2,1H3,(H,26,28). The van der Waals surface area contributed by atoms with Gasteiger partial charge in [-0.15, -0.1) is 0 Å². The van der Waals surface area contributed by atoms with Crippen LogP contribution in [-0.4, -0.2) is 17.3 Å². The first-order chi connectivity index (χ1) is 14.7. The van der Waals surface area contributed by atoms with Gasteiger partial charge in [0.05, 0.1) is 29.6 Å². The molecule has 1 heterocycles. The maximum absolute atomic E-state index is 11.6. The number of hydrogen-bond acceptors (Lipinski definition) is 4. The molecule has 0 aliphatic heterocycles. The highest BCUT2D eigenvalue weighted by atomic mass is 16.5. The lowest BCUT2D eigenvalue weighted by Crippen LogP contribution is -2.18. The minimum Gasteiger partial charge on any atom is -0.494 e. The number of nitriles is 1. The van der Waals surface area contributed by atoms with E-state index in [0.717, 1.165) is 47.0 Å². The van der Waals surface area contributed by atoms with Crippen molar-refractivity contribution in [2.75, 3.05) is 11.9 Å². The van der Waals surface area contributed by atoms with Gasteiger partial charge < -0.3 is 14.0 Å². The largest absolute Gasteiger partial charge is 0.494 e. The minimum absolute atomic E-state index is 0.363. The predicted molar refractivity (Wildman–Crippen MR) is 116 cm³/mol. The van der Waals surface area contributed by atoms with Crippen LogP contribution in [0.2, 0.25) is 0 Å². The van der Waals surface area contributed by atoms with E-state index >= 15 is 0 Å². The van der Waals surface area contributed by atoms with E-state index < -0.39 is 6.09 Å². The first-order valence-electron chi connectivity index (χ1n) is 10.1. The Kier molecular flexibility index (Phi) is 5.44. The average Bonchev–Trinajstić information content (AvgIpc) is 3.01. The van der Waals surface area contributed by atoms with E-state index in [1.807, 2.05) is 37.3 Å². The summed E-state index contributed by atoms with van der Waals surface area (Å²) in [6.07, 6.45) is 3.85. The van der Waals surface area contributed by atoms with Gasteiger partial charge in [-0.3, -0.25) is 5.32 Å². The van der Waals surface area contributed by atoms with Crippen molar-refractivity contribution in [2.45, 2.75) is 32.2 Å². The summed E-state index contributed by atoms with van der Waals surface area (Å²) in [4.78, 5) is 11.6. The van der Waals surface area contributed by atoms with Crippen LogP contribution >= 0.6 is 0 Å². The van der Waals surface area contributed by atoms with Crippen molar-refractivity contribution in [3.8, 4) is 23.1 Å². The highest BCUT2D eigenvalue weighted by Gasteiger charge is 2.28. The van der Waals surface area contributed by atoms with Crippen LogP contribution in [0.15, 0.2) is 55.3 Å². The normalized spacial score (nSPS) is 13.3. The Morgan fingerprint density at radius 2 is 2.07 bits per heavy atom. The summed E-state index contributed by atoms with van der Waals surface area (Å²) in [6.45, 7) is 5.92. The van der Waals surface area contributed by atoms with Crippen molar-refractivity contribution in [3.63, 3.8) is 0 Å². The fraction of sp³-hybridized carbons (Fsp3) is 0.250. The molecule has 6 nitrogen and oxygen atoms in total. The Labute approximate surface area is 175 Å². The van der Waals surface area contributed by atoms with Gasteiger partial charge in [0, 0.05) is 23.2 Å². The highest BCUT2D eigenvalue weighted by molar-refractivity contribution is 5.96. The van der Waals surface area contributed by atoms with Crippen molar-refractivity contribution in [2.24, 2.45) is 0 Å². The predicted octanol–water partition coefficient (Wildman–Crippen LogP) is 6.00. The molecule has 0 bridgehead atoms. The van der Waals surface area contributed by atoms with Gasteiger partial charge in [0.25, 0.3) is 0 Å². The molecule has 0 unspecified atom stereocenters. The van der Waals surface area contributed by atoms with Gasteiger partial charge in [-0.05, 0) is 56.0 Å². The second kappa shape index (κ2) is 8.34. The molecule has 1 N–H and O–H groups in total.